The van der Waals surface area contributed by atoms with Crippen LogP contribution < -0.4 is 5.32 Å². The third-order valence-corrected chi connectivity index (χ3v) is 3.96. The Morgan fingerprint density at radius 3 is 2.79 bits per heavy atom. The van der Waals surface area contributed by atoms with Crippen LogP contribution in [0.1, 0.15) is 36.9 Å². The van der Waals surface area contributed by atoms with Crippen molar-refractivity contribution < 1.29 is 8.91 Å². The van der Waals surface area contributed by atoms with Crippen LogP contribution in [0.2, 0.25) is 0 Å². The fourth-order valence-electron chi connectivity index (χ4n) is 2.45. The first-order valence-corrected chi connectivity index (χ1v) is 8.02. The number of nitrogens with one attached hydrogen (secondary N) is 1. The quantitative estimate of drug-likeness (QED) is 0.723. The molecule has 0 bridgehead atoms. The molecule has 3 rings (SSSR count). The van der Waals surface area contributed by atoms with Crippen molar-refractivity contribution in [3.63, 3.8) is 0 Å². The van der Waals surface area contributed by atoms with E-state index >= 15 is 0 Å². The van der Waals surface area contributed by atoms with Crippen molar-refractivity contribution in [1.29, 1.82) is 0 Å². The molecule has 3 aromatic rings. The van der Waals surface area contributed by atoms with E-state index in [0.29, 0.717) is 22.8 Å². The number of nitrogens with zero attached hydrogens (tertiary/aromatic N) is 2. The maximum absolute atomic E-state index is 13.7. The molecule has 0 saturated carbocycles. The lowest BCUT2D eigenvalue weighted by molar-refractivity contribution is 0.368. The average molecular weight is 325 g/mol. The Labute approximate surface area is 140 Å². The molecule has 1 heterocycles. The summed E-state index contributed by atoms with van der Waals surface area (Å²) in [6.07, 6.45) is 0.980. The van der Waals surface area contributed by atoms with Crippen molar-refractivity contribution >= 4 is 5.69 Å². The zero-order chi connectivity index (χ0) is 17.1. The number of aryl methyl sites for hydroxylation is 2. The molecule has 1 unspecified atom stereocenters. The maximum Gasteiger partial charge on any atom is 0.249 e. The van der Waals surface area contributed by atoms with Crippen LogP contribution in [-0.4, -0.2) is 10.1 Å². The van der Waals surface area contributed by atoms with E-state index in [1.54, 1.807) is 19.1 Å². The molecule has 4 nitrogen and oxygen atoms in total. The van der Waals surface area contributed by atoms with Crippen molar-refractivity contribution in [1.82, 2.24) is 10.1 Å². The fraction of sp³-hybridized carbons (Fsp3) is 0.263. The lowest BCUT2D eigenvalue weighted by Gasteiger charge is -2.11. The molecule has 0 aliphatic carbocycles. The Balaban J connectivity index is 1.77. The molecule has 5 heteroatoms. The number of aromatic nitrogens is 2. The Bertz CT molecular complexity index is 844. The molecule has 124 valence electrons. The van der Waals surface area contributed by atoms with Gasteiger partial charge in [-0.05, 0) is 49.6 Å². The predicted octanol–water partition coefficient (Wildman–Crippen LogP) is 4.92. The number of halogens is 1. The molecule has 0 amide bonds. The SMILES string of the molecule is CCc1cccc(NC(C)c2nc(-c3ccc(C)c(F)c3)no2)c1. The molecule has 24 heavy (non-hydrogen) atoms. The summed E-state index contributed by atoms with van der Waals surface area (Å²) in [5.41, 5.74) is 3.46. The van der Waals surface area contributed by atoms with Crippen molar-refractivity contribution in [3.8, 4) is 11.4 Å². The van der Waals surface area contributed by atoms with E-state index in [-0.39, 0.29) is 11.9 Å². The summed E-state index contributed by atoms with van der Waals surface area (Å²) in [5, 5.41) is 7.31. The van der Waals surface area contributed by atoms with Gasteiger partial charge in [-0.25, -0.2) is 4.39 Å². The van der Waals surface area contributed by atoms with E-state index in [1.807, 2.05) is 19.1 Å². The van der Waals surface area contributed by atoms with Gasteiger partial charge in [-0.3, -0.25) is 0 Å². The minimum Gasteiger partial charge on any atom is -0.374 e. The minimum absolute atomic E-state index is 0.145. The van der Waals surface area contributed by atoms with E-state index in [4.69, 9.17) is 4.52 Å². The zero-order valence-corrected chi connectivity index (χ0v) is 14.0. The summed E-state index contributed by atoms with van der Waals surface area (Å²) < 4.78 is 19.0. The number of hydrogen-bond donors (Lipinski definition) is 1. The van der Waals surface area contributed by atoms with E-state index in [9.17, 15) is 4.39 Å². The average Bonchev–Trinajstić information content (AvgIpc) is 3.08. The molecule has 0 radical (unpaired) electrons. The topological polar surface area (TPSA) is 51.0 Å². The summed E-state index contributed by atoms with van der Waals surface area (Å²) in [5.74, 6) is 0.578. The van der Waals surface area contributed by atoms with Crippen molar-refractivity contribution in [3.05, 3.63) is 65.3 Å². The zero-order valence-electron chi connectivity index (χ0n) is 14.0. The summed E-state index contributed by atoms with van der Waals surface area (Å²) >= 11 is 0. The number of benzene rings is 2. The molecule has 2 aromatic carbocycles. The highest BCUT2D eigenvalue weighted by molar-refractivity contribution is 5.55. The van der Waals surface area contributed by atoms with Gasteiger partial charge >= 0.3 is 0 Å². The summed E-state index contributed by atoms with van der Waals surface area (Å²) in [7, 11) is 0. The molecular weight excluding hydrogens is 305 g/mol. The predicted molar refractivity (Wildman–Crippen MR) is 92.3 cm³/mol. The van der Waals surface area contributed by atoms with Gasteiger partial charge in [0.05, 0.1) is 0 Å². The lowest BCUT2D eigenvalue weighted by Crippen LogP contribution is -2.07. The van der Waals surface area contributed by atoms with Crippen LogP contribution in [0.3, 0.4) is 0 Å². The van der Waals surface area contributed by atoms with Crippen LogP contribution in [0.25, 0.3) is 11.4 Å². The van der Waals surface area contributed by atoms with Crippen molar-refractivity contribution in [2.45, 2.75) is 33.2 Å². The number of anilines is 1. The monoisotopic (exact) mass is 325 g/mol. The molecule has 0 spiro atoms. The third kappa shape index (κ3) is 3.45. The summed E-state index contributed by atoms with van der Waals surface area (Å²) in [6.45, 7) is 5.79. The van der Waals surface area contributed by atoms with Gasteiger partial charge in [-0.15, -0.1) is 0 Å². The number of rotatable bonds is 5. The molecule has 0 aliphatic heterocycles. The molecule has 1 atom stereocenters. The van der Waals surface area contributed by atoms with Gasteiger partial charge in [0.15, 0.2) is 0 Å². The van der Waals surface area contributed by atoms with Gasteiger partial charge in [0.2, 0.25) is 11.7 Å². The summed E-state index contributed by atoms with van der Waals surface area (Å²) in [4.78, 5) is 4.38. The van der Waals surface area contributed by atoms with Crippen molar-refractivity contribution in [2.75, 3.05) is 5.32 Å². The van der Waals surface area contributed by atoms with Gasteiger partial charge < -0.3 is 9.84 Å². The second-order valence-electron chi connectivity index (χ2n) is 5.84. The highest BCUT2D eigenvalue weighted by Crippen LogP contribution is 2.23. The smallest absolute Gasteiger partial charge is 0.249 e. The standard InChI is InChI=1S/C19H20FN3O/c1-4-14-6-5-7-16(10-14)21-13(3)19-22-18(23-24-19)15-9-8-12(2)17(20)11-15/h5-11,13,21H,4H2,1-3H3. The second-order valence-corrected chi connectivity index (χ2v) is 5.84. The van der Waals surface area contributed by atoms with Crippen LogP contribution >= 0.6 is 0 Å². The van der Waals surface area contributed by atoms with Gasteiger partial charge in [-0.1, -0.05) is 36.3 Å². The lowest BCUT2D eigenvalue weighted by atomic mass is 10.1. The molecule has 1 N–H and O–H groups in total. The van der Waals surface area contributed by atoms with E-state index in [2.05, 4.69) is 34.5 Å². The molecule has 1 aromatic heterocycles. The Kier molecular flexibility index (Phi) is 4.60. The minimum atomic E-state index is -0.276. The highest BCUT2D eigenvalue weighted by atomic mass is 19.1. The normalized spacial score (nSPS) is 12.2. The Morgan fingerprint density at radius 1 is 1.21 bits per heavy atom. The fourth-order valence-corrected chi connectivity index (χ4v) is 2.45. The third-order valence-electron chi connectivity index (χ3n) is 3.96. The first-order chi connectivity index (χ1) is 11.6. The van der Waals surface area contributed by atoms with Gasteiger partial charge in [0, 0.05) is 11.3 Å². The van der Waals surface area contributed by atoms with Crippen LogP contribution in [0.15, 0.2) is 47.0 Å². The van der Waals surface area contributed by atoms with E-state index in [1.165, 1.54) is 11.6 Å². The van der Waals surface area contributed by atoms with Gasteiger partial charge in [0.25, 0.3) is 0 Å². The Morgan fingerprint density at radius 2 is 2.04 bits per heavy atom. The van der Waals surface area contributed by atoms with Crippen LogP contribution in [0.5, 0.6) is 0 Å². The Hall–Kier alpha value is -2.69. The summed E-state index contributed by atoms with van der Waals surface area (Å²) in [6, 6.07) is 13.0. The molecule has 0 saturated heterocycles. The molecular formula is C19H20FN3O. The van der Waals surface area contributed by atoms with E-state index in [0.717, 1.165) is 12.1 Å². The first-order valence-electron chi connectivity index (χ1n) is 8.02. The first kappa shape index (κ1) is 16.2. The van der Waals surface area contributed by atoms with Crippen molar-refractivity contribution in [2.24, 2.45) is 0 Å². The molecule has 0 fully saturated rings. The van der Waals surface area contributed by atoms with Crippen LogP contribution in [0, 0.1) is 12.7 Å². The maximum atomic E-state index is 13.7. The number of hydrogen-bond acceptors (Lipinski definition) is 4. The molecule has 0 aliphatic rings. The van der Waals surface area contributed by atoms with Crippen LogP contribution in [-0.2, 0) is 6.42 Å². The van der Waals surface area contributed by atoms with Crippen LogP contribution in [0.4, 0.5) is 10.1 Å². The van der Waals surface area contributed by atoms with E-state index < -0.39 is 0 Å². The van der Waals surface area contributed by atoms with Gasteiger partial charge in [0.1, 0.15) is 11.9 Å². The second kappa shape index (κ2) is 6.83. The van der Waals surface area contributed by atoms with Gasteiger partial charge in [-0.2, -0.15) is 4.98 Å². The largest absolute Gasteiger partial charge is 0.374 e. The highest BCUT2D eigenvalue weighted by Gasteiger charge is 2.16.